The Kier molecular flexibility index (Phi) is 2.45. The van der Waals surface area contributed by atoms with Crippen molar-refractivity contribution in [1.29, 1.82) is 0 Å². The molecular weight excluding hydrogens is 176 g/mol. The summed E-state index contributed by atoms with van der Waals surface area (Å²) in [5.74, 6) is 1.42. The topological polar surface area (TPSA) is 67.6 Å². The zero-order chi connectivity index (χ0) is 9.97. The van der Waals surface area contributed by atoms with Gasteiger partial charge in [-0.2, -0.15) is 0 Å². The number of rotatable bonds is 3. The molecule has 4 nitrogen and oxygen atoms in total. The summed E-state index contributed by atoms with van der Waals surface area (Å²) in [4.78, 5) is 11.8. The summed E-state index contributed by atoms with van der Waals surface area (Å²) in [5, 5.41) is 0. The Bertz CT molecular complexity index is 388. The molecule has 2 heterocycles. The number of H-pyrrole nitrogens is 1. The molecule has 74 valence electrons. The predicted molar refractivity (Wildman–Crippen MR) is 55.8 cm³/mol. The molecule has 0 saturated carbocycles. The van der Waals surface area contributed by atoms with Crippen molar-refractivity contribution in [2.24, 2.45) is 11.7 Å². The maximum absolute atomic E-state index is 5.56. The van der Waals surface area contributed by atoms with Gasteiger partial charge in [0.05, 0.1) is 5.52 Å². The second kappa shape index (κ2) is 3.75. The molecule has 4 heteroatoms. The quantitative estimate of drug-likeness (QED) is 0.761. The van der Waals surface area contributed by atoms with Gasteiger partial charge in [0, 0.05) is 12.6 Å². The summed E-state index contributed by atoms with van der Waals surface area (Å²) in [6.07, 6.45) is 2.63. The Labute approximate surface area is 82.6 Å². The van der Waals surface area contributed by atoms with Crippen LogP contribution in [-0.2, 0) is 6.42 Å². The molecule has 0 aliphatic carbocycles. The lowest BCUT2D eigenvalue weighted by Gasteiger charge is -2.03. The molecule has 1 unspecified atom stereocenters. The molecule has 0 aliphatic heterocycles. The first kappa shape index (κ1) is 9.15. The van der Waals surface area contributed by atoms with Crippen molar-refractivity contribution in [2.45, 2.75) is 13.3 Å². The fraction of sp³-hybridized carbons (Fsp3) is 0.400. The summed E-state index contributed by atoms with van der Waals surface area (Å²) < 4.78 is 0. The van der Waals surface area contributed by atoms with Crippen molar-refractivity contribution >= 4 is 11.2 Å². The maximum atomic E-state index is 5.56. The highest BCUT2D eigenvalue weighted by Gasteiger charge is 2.06. The Morgan fingerprint density at radius 3 is 3.14 bits per heavy atom. The molecule has 3 N–H and O–H groups in total. The lowest BCUT2D eigenvalue weighted by Crippen LogP contribution is -2.13. The first-order valence-corrected chi connectivity index (χ1v) is 4.79. The van der Waals surface area contributed by atoms with Gasteiger partial charge in [-0.1, -0.05) is 6.92 Å². The summed E-state index contributed by atoms with van der Waals surface area (Å²) >= 11 is 0. The normalized spacial score (nSPS) is 13.3. The number of nitrogens with two attached hydrogens (primary N) is 1. The van der Waals surface area contributed by atoms with E-state index >= 15 is 0 Å². The smallest absolute Gasteiger partial charge is 0.177 e. The third-order valence-electron chi connectivity index (χ3n) is 2.25. The van der Waals surface area contributed by atoms with Crippen LogP contribution in [0.4, 0.5) is 0 Å². The highest BCUT2D eigenvalue weighted by Crippen LogP contribution is 2.10. The van der Waals surface area contributed by atoms with Crippen molar-refractivity contribution in [1.82, 2.24) is 15.0 Å². The van der Waals surface area contributed by atoms with E-state index < -0.39 is 0 Å². The Balaban J connectivity index is 2.27. The third-order valence-corrected chi connectivity index (χ3v) is 2.25. The van der Waals surface area contributed by atoms with Gasteiger partial charge in [0.15, 0.2) is 5.65 Å². The summed E-state index contributed by atoms with van der Waals surface area (Å²) in [6.45, 7) is 2.80. The number of aromatic nitrogens is 3. The number of aromatic amines is 1. The lowest BCUT2D eigenvalue weighted by molar-refractivity contribution is 0.578. The summed E-state index contributed by atoms with van der Waals surface area (Å²) in [5.41, 5.74) is 7.33. The van der Waals surface area contributed by atoms with Crippen LogP contribution in [0.3, 0.4) is 0 Å². The molecule has 0 aromatic carbocycles. The van der Waals surface area contributed by atoms with Crippen LogP contribution in [0, 0.1) is 5.92 Å². The number of imidazole rings is 1. The molecule has 2 rings (SSSR count). The molecule has 1 atom stereocenters. The van der Waals surface area contributed by atoms with Crippen molar-refractivity contribution in [3.8, 4) is 0 Å². The van der Waals surface area contributed by atoms with E-state index in [4.69, 9.17) is 5.73 Å². The molecule has 2 aromatic rings. The van der Waals surface area contributed by atoms with Crippen LogP contribution >= 0.6 is 0 Å². The number of nitrogens with zero attached hydrogens (tertiary/aromatic N) is 2. The van der Waals surface area contributed by atoms with Gasteiger partial charge in [-0.15, -0.1) is 0 Å². The van der Waals surface area contributed by atoms with E-state index in [1.807, 2.05) is 12.1 Å². The minimum Gasteiger partial charge on any atom is -0.341 e. The molecule has 2 aromatic heterocycles. The first-order chi connectivity index (χ1) is 6.79. The van der Waals surface area contributed by atoms with Gasteiger partial charge >= 0.3 is 0 Å². The number of nitrogens with one attached hydrogen (secondary N) is 1. The van der Waals surface area contributed by atoms with Crippen molar-refractivity contribution < 1.29 is 0 Å². The van der Waals surface area contributed by atoms with Gasteiger partial charge in [0.25, 0.3) is 0 Å². The van der Waals surface area contributed by atoms with Crippen LogP contribution < -0.4 is 5.73 Å². The van der Waals surface area contributed by atoms with Gasteiger partial charge in [0.2, 0.25) is 0 Å². The molecule has 14 heavy (non-hydrogen) atoms. The molecule has 0 spiro atoms. The van der Waals surface area contributed by atoms with Crippen LogP contribution in [-0.4, -0.2) is 21.5 Å². The maximum Gasteiger partial charge on any atom is 0.177 e. The minimum atomic E-state index is 0.454. The van der Waals surface area contributed by atoms with Crippen LogP contribution in [0.25, 0.3) is 11.2 Å². The molecule has 0 saturated heterocycles. The average molecular weight is 190 g/mol. The SMILES string of the molecule is CC(CN)Cc1nc2ncccc2[nH]1. The number of hydrogen-bond donors (Lipinski definition) is 2. The minimum absolute atomic E-state index is 0.454. The van der Waals surface area contributed by atoms with Gasteiger partial charge in [-0.25, -0.2) is 9.97 Å². The van der Waals surface area contributed by atoms with Crippen LogP contribution in [0.15, 0.2) is 18.3 Å². The van der Waals surface area contributed by atoms with E-state index in [0.717, 1.165) is 23.4 Å². The van der Waals surface area contributed by atoms with Crippen LogP contribution in [0.5, 0.6) is 0 Å². The summed E-state index contributed by atoms with van der Waals surface area (Å²) in [7, 11) is 0. The Morgan fingerprint density at radius 2 is 2.43 bits per heavy atom. The number of pyridine rings is 1. The lowest BCUT2D eigenvalue weighted by atomic mass is 10.1. The first-order valence-electron chi connectivity index (χ1n) is 4.79. The van der Waals surface area contributed by atoms with Crippen molar-refractivity contribution in [3.63, 3.8) is 0 Å². The largest absolute Gasteiger partial charge is 0.341 e. The zero-order valence-electron chi connectivity index (χ0n) is 8.20. The fourth-order valence-electron chi connectivity index (χ4n) is 1.40. The monoisotopic (exact) mass is 190 g/mol. The standard InChI is InChI=1S/C10H14N4/c1-7(6-11)5-9-13-8-3-2-4-12-10(8)14-9/h2-4,7H,5-6,11H2,1H3,(H,12,13,14). The number of hydrogen-bond acceptors (Lipinski definition) is 3. The average Bonchev–Trinajstić information content (AvgIpc) is 2.59. The highest BCUT2D eigenvalue weighted by atomic mass is 15.0. The van der Waals surface area contributed by atoms with Crippen molar-refractivity contribution in [2.75, 3.05) is 6.54 Å². The van der Waals surface area contributed by atoms with E-state index in [1.165, 1.54) is 0 Å². The molecule has 0 fully saturated rings. The fourth-order valence-corrected chi connectivity index (χ4v) is 1.40. The van der Waals surface area contributed by atoms with Gasteiger partial charge in [-0.05, 0) is 24.6 Å². The molecule has 0 bridgehead atoms. The third kappa shape index (κ3) is 1.75. The molecular formula is C10H14N4. The van der Waals surface area contributed by atoms with E-state index in [0.29, 0.717) is 12.5 Å². The van der Waals surface area contributed by atoms with Gasteiger partial charge in [-0.3, -0.25) is 0 Å². The second-order valence-corrected chi connectivity index (χ2v) is 3.60. The van der Waals surface area contributed by atoms with E-state index in [2.05, 4.69) is 21.9 Å². The Morgan fingerprint density at radius 1 is 1.57 bits per heavy atom. The predicted octanol–water partition coefficient (Wildman–Crippen LogP) is 1.10. The molecule has 0 radical (unpaired) electrons. The van der Waals surface area contributed by atoms with Crippen LogP contribution in [0.2, 0.25) is 0 Å². The van der Waals surface area contributed by atoms with E-state index in [9.17, 15) is 0 Å². The number of fused-ring (bicyclic) bond motifs is 1. The molecule has 0 amide bonds. The van der Waals surface area contributed by atoms with E-state index in [1.54, 1.807) is 6.20 Å². The van der Waals surface area contributed by atoms with Crippen molar-refractivity contribution in [3.05, 3.63) is 24.2 Å². The van der Waals surface area contributed by atoms with Gasteiger partial charge < -0.3 is 10.7 Å². The van der Waals surface area contributed by atoms with E-state index in [-0.39, 0.29) is 0 Å². The Hall–Kier alpha value is -1.42. The van der Waals surface area contributed by atoms with Gasteiger partial charge in [0.1, 0.15) is 5.82 Å². The van der Waals surface area contributed by atoms with Crippen LogP contribution in [0.1, 0.15) is 12.7 Å². The highest BCUT2D eigenvalue weighted by molar-refractivity contribution is 5.69. The summed E-state index contributed by atoms with van der Waals surface area (Å²) in [6, 6.07) is 3.88. The zero-order valence-corrected chi connectivity index (χ0v) is 8.20. The molecule has 0 aliphatic rings. The second-order valence-electron chi connectivity index (χ2n) is 3.60.